The Balaban J connectivity index is 1.54. The summed E-state index contributed by atoms with van der Waals surface area (Å²) in [5.74, 6) is 1.92. The van der Waals surface area contributed by atoms with Gasteiger partial charge in [-0.15, -0.1) is 0 Å². The van der Waals surface area contributed by atoms with E-state index in [-0.39, 0.29) is 29.3 Å². The first kappa shape index (κ1) is 19.4. The van der Waals surface area contributed by atoms with E-state index in [4.69, 9.17) is 5.11 Å². The van der Waals surface area contributed by atoms with Crippen molar-refractivity contribution < 1.29 is 19.8 Å². The standard InChI is InChI=1S/C23H36O4/c1-22-11-9-18-21(17(22)7-6-14(22)4-3-5-20(26)27)19(25)13-15-12-16(24)8-10-23(15,18)2/h14-18,21,24H,3-13H2,1-2H3,(H,26,27)/t14?,15?,16-,17?,18+,21?,22?,23?/m1/s1. The fraction of sp³-hybridized carbons (Fsp3) is 0.913. The fourth-order valence-electron chi connectivity index (χ4n) is 7.99. The van der Waals surface area contributed by atoms with Gasteiger partial charge in [-0.2, -0.15) is 0 Å². The molecule has 6 unspecified atom stereocenters. The highest BCUT2D eigenvalue weighted by Crippen LogP contribution is 2.67. The highest BCUT2D eigenvalue weighted by molar-refractivity contribution is 5.83. The van der Waals surface area contributed by atoms with Crippen molar-refractivity contribution in [1.29, 1.82) is 0 Å². The summed E-state index contributed by atoms with van der Waals surface area (Å²) in [6, 6.07) is 0. The molecule has 0 aliphatic heterocycles. The Morgan fingerprint density at radius 1 is 1.07 bits per heavy atom. The quantitative estimate of drug-likeness (QED) is 0.761. The maximum absolute atomic E-state index is 13.3. The third-order valence-corrected chi connectivity index (χ3v) is 9.58. The minimum absolute atomic E-state index is 0.213. The second kappa shape index (κ2) is 6.86. The van der Waals surface area contributed by atoms with Crippen molar-refractivity contribution in [1.82, 2.24) is 0 Å². The van der Waals surface area contributed by atoms with Gasteiger partial charge in [0, 0.05) is 18.8 Å². The first-order valence-electron chi connectivity index (χ1n) is 11.2. The summed E-state index contributed by atoms with van der Waals surface area (Å²) in [6.45, 7) is 4.81. The summed E-state index contributed by atoms with van der Waals surface area (Å²) in [4.78, 5) is 24.2. The number of hydrogen-bond donors (Lipinski definition) is 2. The van der Waals surface area contributed by atoms with Crippen molar-refractivity contribution in [2.45, 2.75) is 90.6 Å². The third kappa shape index (κ3) is 3.07. The van der Waals surface area contributed by atoms with E-state index in [0.29, 0.717) is 35.9 Å². The summed E-state index contributed by atoms with van der Waals surface area (Å²) in [6.07, 6.45) is 9.89. The molecular weight excluding hydrogens is 340 g/mol. The first-order chi connectivity index (χ1) is 12.8. The number of aliphatic carboxylic acids is 1. The number of ketones is 1. The van der Waals surface area contributed by atoms with Crippen LogP contribution < -0.4 is 0 Å². The van der Waals surface area contributed by atoms with Crippen molar-refractivity contribution in [3.05, 3.63) is 0 Å². The summed E-state index contributed by atoms with van der Waals surface area (Å²) in [7, 11) is 0. The van der Waals surface area contributed by atoms with Crippen molar-refractivity contribution in [3.8, 4) is 0 Å². The monoisotopic (exact) mass is 376 g/mol. The zero-order chi connectivity index (χ0) is 19.4. The van der Waals surface area contributed by atoms with Gasteiger partial charge in [-0.1, -0.05) is 13.8 Å². The number of Topliss-reactive ketones (excluding diaryl/α,β-unsaturated/α-hetero) is 1. The number of carbonyl (C=O) groups is 2. The van der Waals surface area contributed by atoms with E-state index in [2.05, 4.69) is 13.8 Å². The Bertz CT molecular complexity index is 615. The van der Waals surface area contributed by atoms with Crippen LogP contribution in [0.25, 0.3) is 0 Å². The van der Waals surface area contributed by atoms with Crippen molar-refractivity contribution >= 4 is 11.8 Å². The molecule has 4 fully saturated rings. The fourth-order valence-corrected chi connectivity index (χ4v) is 7.99. The average molecular weight is 377 g/mol. The second-order valence-corrected chi connectivity index (χ2v) is 10.6. The molecule has 0 aromatic heterocycles. The number of aliphatic hydroxyl groups excluding tert-OH is 1. The highest BCUT2D eigenvalue weighted by atomic mass is 16.4. The van der Waals surface area contributed by atoms with Crippen molar-refractivity contribution in [3.63, 3.8) is 0 Å². The van der Waals surface area contributed by atoms with E-state index >= 15 is 0 Å². The minimum Gasteiger partial charge on any atom is -0.481 e. The van der Waals surface area contributed by atoms with E-state index in [9.17, 15) is 14.7 Å². The van der Waals surface area contributed by atoms with E-state index < -0.39 is 5.97 Å². The molecule has 0 aromatic rings. The minimum atomic E-state index is -0.695. The Labute approximate surface area is 163 Å². The van der Waals surface area contributed by atoms with Crippen LogP contribution in [0.2, 0.25) is 0 Å². The van der Waals surface area contributed by atoms with Crippen LogP contribution >= 0.6 is 0 Å². The maximum atomic E-state index is 13.3. The van der Waals surface area contributed by atoms with Crippen LogP contribution in [0.5, 0.6) is 0 Å². The van der Waals surface area contributed by atoms with Gasteiger partial charge < -0.3 is 10.2 Å². The van der Waals surface area contributed by atoms with Gasteiger partial charge in [0.05, 0.1) is 6.10 Å². The van der Waals surface area contributed by atoms with E-state index in [1.807, 2.05) is 0 Å². The van der Waals surface area contributed by atoms with Crippen molar-refractivity contribution in [2.24, 2.45) is 40.4 Å². The smallest absolute Gasteiger partial charge is 0.303 e. The molecule has 0 radical (unpaired) electrons. The van der Waals surface area contributed by atoms with E-state index in [1.165, 1.54) is 6.42 Å². The lowest BCUT2D eigenvalue weighted by Crippen LogP contribution is -2.57. The molecule has 27 heavy (non-hydrogen) atoms. The molecule has 8 atom stereocenters. The Kier molecular flexibility index (Phi) is 4.93. The third-order valence-electron chi connectivity index (χ3n) is 9.58. The predicted octanol–water partition coefficient (Wildman–Crippen LogP) is 4.44. The average Bonchev–Trinajstić information content (AvgIpc) is 2.93. The molecule has 4 heteroatoms. The number of carbonyl (C=O) groups excluding carboxylic acids is 1. The molecule has 4 saturated carbocycles. The van der Waals surface area contributed by atoms with E-state index in [1.54, 1.807) is 0 Å². The number of hydrogen-bond acceptors (Lipinski definition) is 3. The molecule has 0 amide bonds. The summed E-state index contributed by atoms with van der Waals surface area (Å²) in [5.41, 5.74) is 0.438. The molecule has 152 valence electrons. The molecule has 4 aliphatic rings. The van der Waals surface area contributed by atoms with Gasteiger partial charge in [-0.25, -0.2) is 0 Å². The molecule has 4 aliphatic carbocycles. The molecule has 0 saturated heterocycles. The molecule has 4 rings (SSSR count). The number of aliphatic hydroxyl groups is 1. The van der Waals surface area contributed by atoms with Gasteiger partial charge in [0.2, 0.25) is 0 Å². The largest absolute Gasteiger partial charge is 0.481 e. The van der Waals surface area contributed by atoms with Gasteiger partial charge in [0.25, 0.3) is 0 Å². The van der Waals surface area contributed by atoms with Crippen LogP contribution in [0.4, 0.5) is 0 Å². The SMILES string of the molecule is CC12CC[C@H]3C(C(=O)CC4C[C@H](O)CCC43C)C1CCC2CCCC(=O)O. The lowest BCUT2D eigenvalue weighted by molar-refractivity contribution is -0.160. The van der Waals surface area contributed by atoms with Gasteiger partial charge in [-0.3, -0.25) is 9.59 Å². The second-order valence-electron chi connectivity index (χ2n) is 10.6. The van der Waals surface area contributed by atoms with Gasteiger partial charge in [-0.05, 0) is 92.3 Å². The molecular formula is C23H36O4. The Morgan fingerprint density at radius 2 is 1.78 bits per heavy atom. The predicted molar refractivity (Wildman–Crippen MR) is 103 cm³/mol. The molecule has 4 nitrogen and oxygen atoms in total. The topological polar surface area (TPSA) is 74.6 Å². The normalized spacial score (nSPS) is 49.2. The molecule has 0 spiro atoms. The molecule has 0 heterocycles. The summed E-state index contributed by atoms with van der Waals surface area (Å²) >= 11 is 0. The van der Waals surface area contributed by atoms with Crippen LogP contribution in [-0.4, -0.2) is 28.1 Å². The van der Waals surface area contributed by atoms with Crippen molar-refractivity contribution in [2.75, 3.05) is 0 Å². The van der Waals surface area contributed by atoms with Crippen LogP contribution in [0.3, 0.4) is 0 Å². The highest BCUT2D eigenvalue weighted by Gasteiger charge is 2.62. The van der Waals surface area contributed by atoms with Gasteiger partial charge >= 0.3 is 5.97 Å². The zero-order valence-corrected chi connectivity index (χ0v) is 17.0. The first-order valence-corrected chi connectivity index (χ1v) is 11.2. The number of carboxylic acids is 1. The summed E-state index contributed by atoms with van der Waals surface area (Å²) in [5, 5.41) is 19.1. The number of rotatable bonds is 4. The van der Waals surface area contributed by atoms with Crippen LogP contribution in [-0.2, 0) is 9.59 Å². The van der Waals surface area contributed by atoms with Crippen LogP contribution in [0.15, 0.2) is 0 Å². The maximum Gasteiger partial charge on any atom is 0.303 e. The van der Waals surface area contributed by atoms with E-state index in [0.717, 1.165) is 51.4 Å². The Morgan fingerprint density at radius 3 is 2.52 bits per heavy atom. The zero-order valence-electron chi connectivity index (χ0n) is 17.0. The lowest BCUT2D eigenvalue weighted by Gasteiger charge is -2.60. The van der Waals surface area contributed by atoms with Crippen LogP contribution in [0.1, 0.15) is 84.5 Å². The molecule has 0 bridgehead atoms. The number of fused-ring (bicyclic) bond motifs is 5. The molecule has 2 N–H and O–H groups in total. The van der Waals surface area contributed by atoms with Gasteiger partial charge in [0.15, 0.2) is 0 Å². The lowest BCUT2D eigenvalue weighted by atomic mass is 9.44. The van der Waals surface area contributed by atoms with Gasteiger partial charge in [0.1, 0.15) is 5.78 Å². The Hall–Kier alpha value is -0.900. The number of carboxylic acid groups (broad SMARTS) is 1. The summed E-state index contributed by atoms with van der Waals surface area (Å²) < 4.78 is 0. The van der Waals surface area contributed by atoms with Crippen LogP contribution in [0, 0.1) is 40.4 Å². The molecule has 0 aromatic carbocycles.